The van der Waals surface area contributed by atoms with Crippen molar-refractivity contribution >= 4 is 21.4 Å². The molecular weight excluding hydrogens is 324 g/mol. The lowest BCUT2D eigenvalue weighted by molar-refractivity contribution is -0.0136. The first-order chi connectivity index (χ1) is 9.53. The number of rotatable bonds is 3. The molecule has 0 aromatic carbocycles. The predicted octanol–water partition coefficient (Wildman–Crippen LogP) is 1.94. The Labute approximate surface area is 124 Å². The van der Waals surface area contributed by atoms with Crippen molar-refractivity contribution in [2.45, 2.75) is 31.6 Å². The summed E-state index contributed by atoms with van der Waals surface area (Å²) in [4.78, 5) is 4.47. The number of sulfone groups is 1. The Morgan fingerprint density at radius 3 is 2.62 bits per heavy atom. The second kappa shape index (κ2) is 4.72. The Hall–Kier alpha value is -1.57. The van der Waals surface area contributed by atoms with Crippen molar-refractivity contribution in [3.63, 3.8) is 0 Å². The minimum Gasteiger partial charge on any atom is -0.265 e. The maximum Gasteiger partial charge on any atom is 0.380 e. The van der Waals surface area contributed by atoms with Crippen LogP contribution in [0.3, 0.4) is 0 Å². The second-order valence-corrected chi connectivity index (χ2v) is 7.65. The van der Waals surface area contributed by atoms with Gasteiger partial charge in [0.2, 0.25) is 0 Å². The lowest BCUT2D eigenvalue weighted by Gasteiger charge is -2.17. The SMILES string of the molecule is Cc1nsc(C#N)c1C(F)(F)S(=O)(=O)C1=CC(C)(C)ON1. The zero-order valence-corrected chi connectivity index (χ0v) is 12.9. The van der Waals surface area contributed by atoms with Crippen LogP contribution in [0.2, 0.25) is 0 Å². The van der Waals surface area contributed by atoms with Crippen molar-refractivity contribution in [3.8, 4) is 6.07 Å². The summed E-state index contributed by atoms with van der Waals surface area (Å²) in [6, 6.07) is 1.54. The highest BCUT2D eigenvalue weighted by Crippen LogP contribution is 2.43. The Balaban J connectivity index is 2.59. The van der Waals surface area contributed by atoms with E-state index in [0.717, 1.165) is 6.08 Å². The lowest BCUT2D eigenvalue weighted by Crippen LogP contribution is -2.32. The first-order valence-electron chi connectivity index (χ1n) is 5.69. The van der Waals surface area contributed by atoms with Crippen LogP contribution in [0.15, 0.2) is 11.1 Å². The minimum absolute atomic E-state index is 0.191. The third kappa shape index (κ3) is 2.41. The molecule has 0 bridgehead atoms. The van der Waals surface area contributed by atoms with Gasteiger partial charge in [0, 0.05) is 0 Å². The van der Waals surface area contributed by atoms with Gasteiger partial charge in [0.1, 0.15) is 16.5 Å². The van der Waals surface area contributed by atoms with Gasteiger partial charge < -0.3 is 0 Å². The average molecular weight is 335 g/mol. The molecule has 0 radical (unpaired) electrons. The van der Waals surface area contributed by atoms with Crippen molar-refractivity contribution < 1.29 is 22.0 Å². The van der Waals surface area contributed by atoms with Crippen molar-refractivity contribution in [1.82, 2.24) is 9.85 Å². The summed E-state index contributed by atoms with van der Waals surface area (Å²) in [5.74, 6) is 0. The summed E-state index contributed by atoms with van der Waals surface area (Å²) in [5.41, 5.74) is -0.101. The maximum atomic E-state index is 14.5. The fourth-order valence-electron chi connectivity index (χ4n) is 1.75. The van der Waals surface area contributed by atoms with Gasteiger partial charge in [0.05, 0.1) is 11.3 Å². The number of hydroxylamine groups is 1. The van der Waals surface area contributed by atoms with E-state index in [9.17, 15) is 17.2 Å². The number of halogens is 2. The number of nitrogens with one attached hydrogen (secondary N) is 1. The molecule has 114 valence electrons. The van der Waals surface area contributed by atoms with E-state index in [1.165, 1.54) is 20.8 Å². The average Bonchev–Trinajstić information content (AvgIpc) is 2.92. The minimum atomic E-state index is -5.08. The summed E-state index contributed by atoms with van der Waals surface area (Å²) in [7, 11) is -5.08. The third-order valence-corrected chi connectivity index (χ3v) is 5.28. The third-order valence-electron chi connectivity index (χ3n) is 2.78. The van der Waals surface area contributed by atoms with Crippen LogP contribution in [0, 0.1) is 18.3 Å². The molecule has 1 N–H and O–H groups in total. The molecule has 2 rings (SSSR count). The first-order valence-corrected chi connectivity index (χ1v) is 7.95. The monoisotopic (exact) mass is 335 g/mol. The Bertz CT molecular complexity index is 760. The van der Waals surface area contributed by atoms with Crippen LogP contribution in [0.5, 0.6) is 0 Å². The number of nitrogens with zero attached hydrogens (tertiary/aromatic N) is 2. The fraction of sp³-hybridized carbons (Fsp3) is 0.455. The Kier molecular flexibility index (Phi) is 3.56. The molecule has 21 heavy (non-hydrogen) atoms. The highest BCUT2D eigenvalue weighted by atomic mass is 32.2. The van der Waals surface area contributed by atoms with E-state index in [2.05, 4.69) is 4.37 Å². The van der Waals surface area contributed by atoms with Gasteiger partial charge in [-0.2, -0.15) is 18.4 Å². The number of nitriles is 1. The van der Waals surface area contributed by atoms with E-state index in [4.69, 9.17) is 10.1 Å². The van der Waals surface area contributed by atoms with E-state index >= 15 is 0 Å². The molecule has 0 unspecified atom stereocenters. The van der Waals surface area contributed by atoms with Crippen LogP contribution < -0.4 is 5.48 Å². The summed E-state index contributed by atoms with van der Waals surface area (Å²) in [6.07, 6.45) is 1.05. The van der Waals surface area contributed by atoms with Crippen molar-refractivity contribution in [2.75, 3.05) is 0 Å². The molecule has 10 heteroatoms. The number of hydrogen-bond donors (Lipinski definition) is 1. The molecular formula is C11H11F2N3O3S2. The number of alkyl halides is 2. The molecule has 1 aromatic heterocycles. The second-order valence-electron chi connectivity index (χ2n) is 4.92. The molecule has 1 aliphatic rings. The molecule has 0 aliphatic carbocycles. The number of aryl methyl sites for hydroxylation is 1. The van der Waals surface area contributed by atoms with Gasteiger partial charge in [-0.3, -0.25) is 10.3 Å². The topological polar surface area (TPSA) is 92.1 Å². The smallest absolute Gasteiger partial charge is 0.265 e. The van der Waals surface area contributed by atoms with Gasteiger partial charge in [-0.05, 0) is 38.4 Å². The molecule has 1 aliphatic heterocycles. The quantitative estimate of drug-likeness (QED) is 0.907. The van der Waals surface area contributed by atoms with Crippen LogP contribution in [0.1, 0.15) is 30.0 Å². The zero-order valence-electron chi connectivity index (χ0n) is 11.3. The van der Waals surface area contributed by atoms with Gasteiger partial charge in [0.25, 0.3) is 9.84 Å². The summed E-state index contributed by atoms with van der Waals surface area (Å²) in [5, 5.41) is 3.84. The van der Waals surface area contributed by atoms with Gasteiger partial charge in [-0.25, -0.2) is 8.42 Å². The Morgan fingerprint density at radius 2 is 2.14 bits per heavy atom. The number of aromatic nitrogens is 1. The maximum absolute atomic E-state index is 14.5. The fourth-order valence-corrected chi connectivity index (χ4v) is 3.93. The van der Waals surface area contributed by atoms with Crippen molar-refractivity contribution in [3.05, 3.63) is 27.2 Å². The highest BCUT2D eigenvalue weighted by molar-refractivity contribution is 7.95. The molecule has 0 atom stereocenters. The zero-order chi connectivity index (χ0) is 16.1. The van der Waals surface area contributed by atoms with E-state index < -0.39 is 36.2 Å². The molecule has 1 aromatic rings. The van der Waals surface area contributed by atoms with E-state index in [1.807, 2.05) is 5.48 Å². The summed E-state index contributed by atoms with van der Waals surface area (Å²) >= 11 is 0.535. The number of hydrogen-bond acceptors (Lipinski definition) is 7. The molecule has 0 fully saturated rings. The highest BCUT2D eigenvalue weighted by Gasteiger charge is 2.54. The van der Waals surface area contributed by atoms with Crippen LogP contribution >= 0.6 is 11.5 Å². The molecule has 6 nitrogen and oxygen atoms in total. The largest absolute Gasteiger partial charge is 0.380 e. The van der Waals surface area contributed by atoms with E-state index in [0.29, 0.717) is 11.5 Å². The summed E-state index contributed by atoms with van der Waals surface area (Å²) in [6.45, 7) is 4.25. The normalized spacial score (nSPS) is 18.0. The first kappa shape index (κ1) is 15.8. The lowest BCUT2D eigenvalue weighted by atomic mass is 10.1. The molecule has 0 saturated heterocycles. The van der Waals surface area contributed by atoms with Gasteiger partial charge in [0.15, 0.2) is 5.03 Å². The molecule has 0 spiro atoms. The Morgan fingerprint density at radius 1 is 1.52 bits per heavy atom. The van der Waals surface area contributed by atoms with Crippen LogP contribution in [-0.2, 0) is 19.9 Å². The molecule has 2 heterocycles. The predicted molar refractivity (Wildman–Crippen MR) is 70.8 cm³/mol. The molecule has 0 amide bonds. The van der Waals surface area contributed by atoms with Crippen molar-refractivity contribution in [1.29, 1.82) is 5.26 Å². The van der Waals surface area contributed by atoms with E-state index in [1.54, 1.807) is 6.07 Å². The van der Waals surface area contributed by atoms with Gasteiger partial charge in [-0.1, -0.05) is 0 Å². The van der Waals surface area contributed by atoms with Crippen LogP contribution in [0.4, 0.5) is 8.78 Å². The van der Waals surface area contributed by atoms with Crippen LogP contribution in [-0.4, -0.2) is 18.4 Å². The van der Waals surface area contributed by atoms with Crippen molar-refractivity contribution in [2.24, 2.45) is 0 Å². The standard InChI is InChI=1S/C11H11F2N3O3S2/c1-6-9(7(5-14)20-16-6)11(12,13)21(17,18)8-4-10(2,3)19-15-8/h4,15H,1-3H3. The summed E-state index contributed by atoms with van der Waals surface area (Å²) < 4.78 is 56.9. The van der Waals surface area contributed by atoms with Gasteiger partial charge in [-0.15, -0.1) is 0 Å². The van der Waals surface area contributed by atoms with E-state index in [-0.39, 0.29) is 5.69 Å². The van der Waals surface area contributed by atoms with Crippen LogP contribution in [0.25, 0.3) is 0 Å². The molecule has 0 saturated carbocycles. The van der Waals surface area contributed by atoms with Gasteiger partial charge >= 0.3 is 5.25 Å².